The summed E-state index contributed by atoms with van der Waals surface area (Å²) < 4.78 is 1.53. The lowest BCUT2D eigenvalue weighted by molar-refractivity contribution is -0.121. The van der Waals surface area contributed by atoms with Crippen LogP contribution in [0.4, 0.5) is 0 Å². The third kappa shape index (κ3) is 4.31. The molecule has 5 rings (SSSR count). The van der Waals surface area contributed by atoms with Crippen molar-refractivity contribution in [2.45, 2.75) is 62.9 Å². The van der Waals surface area contributed by atoms with E-state index in [-0.39, 0.29) is 17.5 Å². The van der Waals surface area contributed by atoms with Crippen molar-refractivity contribution in [3.8, 4) is 5.82 Å². The Bertz CT molecular complexity index is 1260. The second-order valence-corrected chi connectivity index (χ2v) is 10.9. The maximum atomic E-state index is 13.4. The molecule has 2 aromatic heterocycles. The van der Waals surface area contributed by atoms with Crippen LogP contribution in [0.5, 0.6) is 0 Å². The molecule has 6 nitrogen and oxygen atoms in total. The number of aryl methyl sites for hydroxylation is 1. The largest absolute Gasteiger partial charge is 0.352 e. The monoisotopic (exact) mass is 462 g/mol. The van der Waals surface area contributed by atoms with Gasteiger partial charge in [0.25, 0.3) is 5.56 Å². The maximum Gasteiger partial charge on any atom is 0.267 e. The Kier molecular flexibility index (Phi) is 5.99. The van der Waals surface area contributed by atoms with Gasteiger partial charge in [0.05, 0.1) is 16.2 Å². The first-order chi connectivity index (χ1) is 15.9. The first-order valence-electron chi connectivity index (χ1n) is 11.8. The van der Waals surface area contributed by atoms with Gasteiger partial charge >= 0.3 is 0 Å². The fourth-order valence-electron chi connectivity index (χ4n) is 5.60. The van der Waals surface area contributed by atoms with E-state index in [4.69, 9.17) is 4.98 Å². The number of carbonyl (C=O) groups is 1. The van der Waals surface area contributed by atoms with E-state index in [1.807, 2.05) is 44.2 Å². The van der Waals surface area contributed by atoms with Crippen molar-refractivity contribution in [1.82, 2.24) is 19.9 Å². The molecule has 2 aliphatic rings. The number of hydrogen-bond acceptors (Lipinski definition) is 5. The number of thioether (sulfide) groups is 1. The van der Waals surface area contributed by atoms with E-state index in [1.54, 1.807) is 12.3 Å². The molecular weight excluding hydrogens is 432 g/mol. The van der Waals surface area contributed by atoms with Crippen LogP contribution in [0.1, 0.15) is 45.1 Å². The predicted octanol–water partition coefficient (Wildman–Crippen LogP) is 4.51. The standard InChI is InChI=1S/C26H30N4O2S/c1-15-10-11-27-23(12-15)30-25(32)20-6-4-5-7-22(20)29-26(30)33-17(3)24(31)28-16(2)21-14-18-8-9-19(21)13-18/h4-7,10-12,16-19,21H,8-9,13-14H2,1-3H3,(H,28,31). The zero-order valence-electron chi connectivity index (χ0n) is 19.3. The number of rotatable bonds is 6. The van der Waals surface area contributed by atoms with Crippen molar-refractivity contribution < 1.29 is 4.79 Å². The number of nitrogens with one attached hydrogen (secondary N) is 1. The lowest BCUT2D eigenvalue weighted by Gasteiger charge is -2.29. The molecule has 0 saturated heterocycles. The lowest BCUT2D eigenvalue weighted by atomic mass is 9.84. The minimum absolute atomic E-state index is 0.0126. The Morgan fingerprint density at radius 3 is 2.73 bits per heavy atom. The smallest absolute Gasteiger partial charge is 0.267 e. The van der Waals surface area contributed by atoms with E-state index in [1.165, 1.54) is 42.0 Å². The molecule has 2 saturated carbocycles. The molecule has 1 amide bonds. The zero-order chi connectivity index (χ0) is 23.1. The second-order valence-electron chi connectivity index (χ2n) is 9.64. The Balaban J connectivity index is 1.42. The zero-order valence-corrected chi connectivity index (χ0v) is 20.1. The highest BCUT2D eigenvalue weighted by Crippen LogP contribution is 2.49. The van der Waals surface area contributed by atoms with Crippen LogP contribution in [0.2, 0.25) is 0 Å². The fourth-order valence-corrected chi connectivity index (χ4v) is 6.53. The lowest BCUT2D eigenvalue weighted by Crippen LogP contribution is -2.43. The fraction of sp³-hybridized carbons (Fsp3) is 0.462. The number of aromatic nitrogens is 3. The topological polar surface area (TPSA) is 76.9 Å². The van der Waals surface area contributed by atoms with Crippen LogP contribution in [0.3, 0.4) is 0 Å². The van der Waals surface area contributed by atoms with Crippen LogP contribution >= 0.6 is 11.8 Å². The van der Waals surface area contributed by atoms with Crippen molar-refractivity contribution in [2.24, 2.45) is 17.8 Å². The number of carbonyl (C=O) groups excluding carboxylic acids is 1. The molecule has 5 unspecified atom stereocenters. The Morgan fingerprint density at radius 1 is 1.18 bits per heavy atom. The third-order valence-electron chi connectivity index (χ3n) is 7.33. The van der Waals surface area contributed by atoms with Gasteiger partial charge in [-0.2, -0.15) is 0 Å². The number of benzene rings is 1. The summed E-state index contributed by atoms with van der Waals surface area (Å²) in [6, 6.07) is 11.2. The number of fused-ring (bicyclic) bond motifs is 3. The highest BCUT2D eigenvalue weighted by Gasteiger charge is 2.42. The normalized spacial score (nSPS) is 23.5. The summed E-state index contributed by atoms with van der Waals surface area (Å²) in [6.45, 7) is 5.98. The molecule has 2 bridgehead atoms. The molecule has 1 aromatic carbocycles. The average molecular weight is 463 g/mol. The van der Waals surface area contributed by atoms with Gasteiger partial charge in [-0.1, -0.05) is 30.3 Å². The first kappa shape index (κ1) is 22.1. The van der Waals surface area contributed by atoms with Gasteiger partial charge in [0.1, 0.15) is 5.82 Å². The molecule has 33 heavy (non-hydrogen) atoms. The summed E-state index contributed by atoms with van der Waals surface area (Å²) in [5.74, 6) is 2.70. The van der Waals surface area contributed by atoms with Crippen molar-refractivity contribution in [1.29, 1.82) is 0 Å². The van der Waals surface area contributed by atoms with Crippen LogP contribution in [-0.2, 0) is 4.79 Å². The summed E-state index contributed by atoms with van der Waals surface area (Å²) >= 11 is 1.31. The number of nitrogens with zero attached hydrogens (tertiary/aromatic N) is 3. The first-order valence-corrected chi connectivity index (χ1v) is 12.7. The van der Waals surface area contributed by atoms with E-state index in [2.05, 4.69) is 17.2 Å². The summed E-state index contributed by atoms with van der Waals surface area (Å²) in [7, 11) is 0. The van der Waals surface area contributed by atoms with Crippen LogP contribution in [-0.4, -0.2) is 31.7 Å². The summed E-state index contributed by atoms with van der Waals surface area (Å²) in [6.07, 6.45) is 6.90. The molecule has 3 aromatic rings. The minimum atomic E-state index is -0.393. The highest BCUT2D eigenvalue weighted by atomic mass is 32.2. The molecule has 2 heterocycles. The molecule has 172 valence electrons. The van der Waals surface area contributed by atoms with E-state index in [0.717, 1.165) is 17.4 Å². The van der Waals surface area contributed by atoms with Crippen LogP contribution in [0.25, 0.3) is 16.7 Å². The molecule has 5 atom stereocenters. The number of hydrogen-bond donors (Lipinski definition) is 1. The van der Waals surface area contributed by atoms with Gasteiger partial charge in [-0.05, 0) is 87.6 Å². The van der Waals surface area contributed by atoms with E-state index in [0.29, 0.717) is 27.8 Å². The molecule has 0 spiro atoms. The van der Waals surface area contributed by atoms with Crippen molar-refractivity contribution in [2.75, 3.05) is 0 Å². The van der Waals surface area contributed by atoms with Crippen LogP contribution < -0.4 is 10.9 Å². The summed E-state index contributed by atoms with van der Waals surface area (Å²) in [4.78, 5) is 35.7. The van der Waals surface area contributed by atoms with Crippen LogP contribution in [0.15, 0.2) is 52.5 Å². The van der Waals surface area contributed by atoms with Gasteiger partial charge in [0.2, 0.25) is 5.91 Å². The van der Waals surface area contributed by atoms with Crippen LogP contribution in [0, 0.1) is 24.7 Å². The maximum absolute atomic E-state index is 13.4. The van der Waals surface area contributed by atoms with E-state index < -0.39 is 5.25 Å². The van der Waals surface area contributed by atoms with Crippen molar-refractivity contribution in [3.63, 3.8) is 0 Å². The molecular formula is C26H30N4O2S. The number of pyridine rings is 1. The number of amides is 1. The molecule has 1 N–H and O–H groups in total. The minimum Gasteiger partial charge on any atom is -0.352 e. The van der Waals surface area contributed by atoms with Gasteiger partial charge in [0.15, 0.2) is 5.16 Å². The molecule has 2 aliphatic carbocycles. The van der Waals surface area contributed by atoms with Gasteiger partial charge in [-0.3, -0.25) is 9.59 Å². The van der Waals surface area contributed by atoms with Crippen molar-refractivity contribution in [3.05, 3.63) is 58.5 Å². The SMILES string of the molecule is Cc1ccnc(-n2c(SC(C)C(=O)NC(C)C3CC4CCC3C4)nc3ccccc3c2=O)c1. The summed E-state index contributed by atoms with van der Waals surface area (Å²) in [5.41, 5.74) is 1.45. The molecule has 7 heteroatoms. The highest BCUT2D eigenvalue weighted by molar-refractivity contribution is 8.00. The predicted molar refractivity (Wildman–Crippen MR) is 132 cm³/mol. The quantitative estimate of drug-likeness (QED) is 0.431. The van der Waals surface area contributed by atoms with E-state index >= 15 is 0 Å². The van der Waals surface area contributed by atoms with E-state index in [9.17, 15) is 9.59 Å². The van der Waals surface area contributed by atoms with Gasteiger partial charge < -0.3 is 5.32 Å². The molecule has 0 radical (unpaired) electrons. The molecule has 0 aliphatic heterocycles. The van der Waals surface area contributed by atoms with Gasteiger partial charge in [0, 0.05) is 12.2 Å². The van der Waals surface area contributed by atoms with Gasteiger partial charge in [-0.15, -0.1) is 0 Å². The van der Waals surface area contributed by atoms with Crippen molar-refractivity contribution >= 4 is 28.6 Å². The Labute approximate surface area is 198 Å². The number of para-hydroxylation sites is 1. The average Bonchev–Trinajstić information content (AvgIpc) is 3.43. The Hall–Kier alpha value is -2.67. The second kappa shape index (κ2) is 8.93. The third-order valence-corrected chi connectivity index (χ3v) is 8.38. The molecule has 2 fully saturated rings. The summed E-state index contributed by atoms with van der Waals surface area (Å²) in [5, 5.41) is 3.88. The Morgan fingerprint density at radius 2 is 2.00 bits per heavy atom. The van der Waals surface area contributed by atoms with Gasteiger partial charge in [-0.25, -0.2) is 14.5 Å².